The first-order chi connectivity index (χ1) is 8.74. The van der Waals surface area contributed by atoms with Gasteiger partial charge in [-0.3, -0.25) is 0 Å². The number of halogens is 3. The fourth-order valence-electron chi connectivity index (χ4n) is 1.19. The fourth-order valence-corrected chi connectivity index (χ4v) is 2.17. The zero-order chi connectivity index (χ0) is 14.6. The summed E-state index contributed by atoms with van der Waals surface area (Å²) in [6.45, 7) is 8.28. The number of hydrogen-bond acceptors (Lipinski definition) is 4. The van der Waals surface area contributed by atoms with Gasteiger partial charge >= 0.3 is 6.18 Å². The molecule has 0 aliphatic rings. The van der Waals surface area contributed by atoms with E-state index in [4.69, 9.17) is 0 Å². The highest BCUT2D eigenvalue weighted by atomic mass is 32.2. The molecule has 7 heteroatoms. The maximum atomic E-state index is 12.8. The quantitative estimate of drug-likeness (QED) is 0.656. The summed E-state index contributed by atoms with van der Waals surface area (Å²) >= 11 is 1.33. The van der Waals surface area contributed by atoms with Crippen molar-refractivity contribution in [3.8, 4) is 0 Å². The standard InChI is InChI=1S/C12H18F3N3S/c1-5-16-11-17-9(12(13,14)15)6-10(18-11)19-8(4)7(2)3/h6-8H,5H2,1-4H3,(H,16,17,18). The van der Waals surface area contributed by atoms with Crippen LogP contribution in [0.3, 0.4) is 0 Å². The Hall–Kier alpha value is -0.980. The summed E-state index contributed by atoms with van der Waals surface area (Å²) in [5.74, 6) is 0.382. The van der Waals surface area contributed by atoms with Crippen LogP contribution in [0.1, 0.15) is 33.4 Å². The van der Waals surface area contributed by atoms with Crippen molar-refractivity contribution in [1.29, 1.82) is 0 Å². The van der Waals surface area contributed by atoms with Crippen molar-refractivity contribution in [3.63, 3.8) is 0 Å². The van der Waals surface area contributed by atoms with Gasteiger partial charge in [0.25, 0.3) is 0 Å². The molecule has 1 atom stereocenters. The van der Waals surface area contributed by atoms with Crippen molar-refractivity contribution < 1.29 is 13.2 Å². The minimum atomic E-state index is -4.45. The van der Waals surface area contributed by atoms with Gasteiger partial charge in [-0.05, 0) is 12.8 Å². The van der Waals surface area contributed by atoms with Gasteiger partial charge in [0, 0.05) is 17.9 Å². The van der Waals surface area contributed by atoms with Gasteiger partial charge in [-0.2, -0.15) is 13.2 Å². The summed E-state index contributed by atoms with van der Waals surface area (Å²) in [7, 11) is 0. The Labute approximate surface area is 115 Å². The van der Waals surface area contributed by atoms with E-state index in [0.29, 0.717) is 17.5 Å². The number of hydrogen-bond donors (Lipinski definition) is 1. The average Bonchev–Trinajstić information content (AvgIpc) is 2.27. The zero-order valence-corrected chi connectivity index (χ0v) is 12.2. The monoisotopic (exact) mass is 293 g/mol. The topological polar surface area (TPSA) is 37.8 Å². The summed E-state index contributed by atoms with van der Waals surface area (Å²) in [5, 5.41) is 3.26. The molecule has 0 bridgehead atoms. The van der Waals surface area contributed by atoms with Crippen LogP contribution >= 0.6 is 11.8 Å². The third kappa shape index (κ3) is 4.89. The fraction of sp³-hybridized carbons (Fsp3) is 0.667. The summed E-state index contributed by atoms with van der Waals surface area (Å²) in [6.07, 6.45) is -4.45. The Kier molecular flexibility index (Phi) is 5.46. The molecule has 108 valence electrons. The van der Waals surface area contributed by atoms with E-state index in [1.165, 1.54) is 11.8 Å². The summed E-state index contributed by atoms with van der Waals surface area (Å²) < 4.78 is 38.3. The molecule has 0 aliphatic carbocycles. The molecule has 1 aromatic heterocycles. The molecule has 0 saturated heterocycles. The van der Waals surface area contributed by atoms with Gasteiger partial charge in [-0.25, -0.2) is 9.97 Å². The largest absolute Gasteiger partial charge is 0.433 e. The first-order valence-corrected chi connectivity index (χ1v) is 6.98. The Morgan fingerprint density at radius 3 is 2.37 bits per heavy atom. The van der Waals surface area contributed by atoms with E-state index < -0.39 is 11.9 Å². The normalized spacial score (nSPS) is 13.7. The van der Waals surface area contributed by atoms with Crippen molar-refractivity contribution in [2.75, 3.05) is 11.9 Å². The summed E-state index contributed by atoms with van der Waals surface area (Å²) in [4.78, 5) is 7.59. The molecule has 1 unspecified atom stereocenters. The average molecular weight is 293 g/mol. The van der Waals surface area contributed by atoms with E-state index in [1.807, 2.05) is 20.8 Å². The van der Waals surface area contributed by atoms with Gasteiger partial charge in [0.05, 0.1) is 0 Å². The second kappa shape index (κ2) is 6.45. The van der Waals surface area contributed by atoms with E-state index >= 15 is 0 Å². The van der Waals surface area contributed by atoms with Gasteiger partial charge in [0.2, 0.25) is 5.95 Å². The molecule has 1 N–H and O–H groups in total. The lowest BCUT2D eigenvalue weighted by Gasteiger charge is -2.16. The third-order valence-electron chi connectivity index (χ3n) is 2.57. The van der Waals surface area contributed by atoms with Crippen LogP contribution in [0.4, 0.5) is 19.1 Å². The number of alkyl halides is 3. The lowest BCUT2D eigenvalue weighted by Crippen LogP contribution is -2.13. The van der Waals surface area contributed by atoms with E-state index in [2.05, 4.69) is 15.3 Å². The molecule has 1 heterocycles. The molecule has 0 fully saturated rings. The minimum Gasteiger partial charge on any atom is -0.354 e. The van der Waals surface area contributed by atoms with E-state index in [9.17, 15) is 13.2 Å². The van der Waals surface area contributed by atoms with Crippen molar-refractivity contribution >= 4 is 17.7 Å². The molecule has 0 amide bonds. The van der Waals surface area contributed by atoms with Crippen LogP contribution < -0.4 is 5.32 Å². The smallest absolute Gasteiger partial charge is 0.354 e. The van der Waals surface area contributed by atoms with Crippen LogP contribution in [0.25, 0.3) is 0 Å². The highest BCUT2D eigenvalue weighted by Crippen LogP contribution is 2.33. The molecular formula is C12H18F3N3S. The number of nitrogens with zero attached hydrogens (tertiary/aromatic N) is 2. The lowest BCUT2D eigenvalue weighted by atomic mass is 10.2. The summed E-state index contributed by atoms with van der Waals surface area (Å²) in [5.41, 5.74) is -0.906. The lowest BCUT2D eigenvalue weighted by molar-refractivity contribution is -0.141. The van der Waals surface area contributed by atoms with Crippen molar-refractivity contribution in [2.45, 2.75) is 44.1 Å². The van der Waals surface area contributed by atoms with Crippen LogP contribution in [-0.2, 0) is 6.18 Å². The molecule has 0 aromatic carbocycles. The van der Waals surface area contributed by atoms with E-state index in [-0.39, 0.29) is 11.2 Å². The molecule has 3 nitrogen and oxygen atoms in total. The molecule has 0 spiro atoms. The molecule has 1 aromatic rings. The molecule has 19 heavy (non-hydrogen) atoms. The first kappa shape index (κ1) is 16.1. The van der Waals surface area contributed by atoms with Crippen molar-refractivity contribution in [3.05, 3.63) is 11.8 Å². The highest BCUT2D eigenvalue weighted by Gasteiger charge is 2.34. The highest BCUT2D eigenvalue weighted by molar-refractivity contribution is 7.99. The summed E-state index contributed by atoms with van der Waals surface area (Å²) in [6, 6.07) is 1.00. The maximum absolute atomic E-state index is 12.8. The SMILES string of the molecule is CCNc1nc(SC(C)C(C)C)cc(C(F)(F)F)n1. The number of nitrogens with one attached hydrogen (secondary N) is 1. The number of thioether (sulfide) groups is 1. The maximum Gasteiger partial charge on any atom is 0.433 e. The first-order valence-electron chi connectivity index (χ1n) is 6.10. The van der Waals surface area contributed by atoms with Gasteiger partial charge in [0.15, 0.2) is 5.69 Å². The Balaban J connectivity index is 3.06. The van der Waals surface area contributed by atoms with E-state index in [0.717, 1.165) is 6.07 Å². The van der Waals surface area contributed by atoms with Crippen LogP contribution in [0.5, 0.6) is 0 Å². The van der Waals surface area contributed by atoms with Gasteiger partial charge in [0.1, 0.15) is 5.03 Å². The molecule has 0 saturated carbocycles. The number of aromatic nitrogens is 2. The molecule has 0 aliphatic heterocycles. The van der Waals surface area contributed by atoms with Gasteiger partial charge in [-0.15, -0.1) is 11.8 Å². The predicted octanol–water partition coefficient (Wildman–Crippen LogP) is 4.06. The van der Waals surface area contributed by atoms with Crippen LogP contribution in [-0.4, -0.2) is 21.8 Å². The van der Waals surface area contributed by atoms with Crippen molar-refractivity contribution in [1.82, 2.24) is 9.97 Å². The molecular weight excluding hydrogens is 275 g/mol. The second-order valence-electron chi connectivity index (χ2n) is 4.51. The van der Waals surface area contributed by atoms with Crippen LogP contribution in [0.2, 0.25) is 0 Å². The number of anilines is 1. The zero-order valence-electron chi connectivity index (χ0n) is 11.4. The number of rotatable bonds is 5. The Morgan fingerprint density at radius 2 is 1.89 bits per heavy atom. The second-order valence-corrected chi connectivity index (χ2v) is 5.91. The molecule has 1 rings (SSSR count). The Bertz CT molecular complexity index is 421. The van der Waals surface area contributed by atoms with Gasteiger partial charge < -0.3 is 5.32 Å². The van der Waals surface area contributed by atoms with Crippen LogP contribution in [0, 0.1) is 5.92 Å². The predicted molar refractivity (Wildman–Crippen MR) is 71.4 cm³/mol. The van der Waals surface area contributed by atoms with Crippen LogP contribution in [0.15, 0.2) is 11.1 Å². The minimum absolute atomic E-state index is 0.0239. The third-order valence-corrected chi connectivity index (χ3v) is 3.94. The molecule has 0 radical (unpaired) electrons. The Morgan fingerprint density at radius 1 is 1.26 bits per heavy atom. The van der Waals surface area contributed by atoms with Crippen molar-refractivity contribution in [2.24, 2.45) is 5.92 Å². The van der Waals surface area contributed by atoms with Gasteiger partial charge in [-0.1, -0.05) is 20.8 Å². The van der Waals surface area contributed by atoms with E-state index in [1.54, 1.807) is 6.92 Å².